The average molecular weight is 320 g/mol. The highest BCUT2D eigenvalue weighted by Gasteiger charge is 2.32. The summed E-state index contributed by atoms with van der Waals surface area (Å²) in [5.41, 5.74) is 0.480. The lowest BCUT2D eigenvalue weighted by molar-refractivity contribution is -0.138. The number of hydrogen-bond acceptors (Lipinski definition) is 3. The number of nitrogens with one attached hydrogen (secondary N) is 1. The first-order valence-electron chi connectivity index (χ1n) is 7.25. The minimum atomic E-state index is -4.23. The Morgan fingerprint density at radius 1 is 1.27 bits per heavy atom. The van der Waals surface area contributed by atoms with Crippen LogP contribution in [0.15, 0.2) is 18.2 Å². The van der Waals surface area contributed by atoms with E-state index in [4.69, 9.17) is 4.74 Å². The molecule has 22 heavy (non-hydrogen) atoms. The molecule has 1 saturated heterocycles. The fourth-order valence-corrected chi connectivity index (χ4v) is 2.79. The summed E-state index contributed by atoms with van der Waals surface area (Å²) in [6, 6.07) is 3.49. The largest absolute Gasteiger partial charge is 0.496 e. The molecule has 1 aromatic carbocycles. The second-order valence-electron chi connectivity index (χ2n) is 5.34. The van der Waals surface area contributed by atoms with Gasteiger partial charge in [0.25, 0.3) is 0 Å². The van der Waals surface area contributed by atoms with Crippen LogP contribution in [0.3, 0.4) is 0 Å². The van der Waals surface area contributed by atoms with Gasteiger partial charge in [-0.3, -0.25) is 4.90 Å². The van der Waals surface area contributed by atoms with E-state index in [1.807, 2.05) is 4.90 Å². The molecule has 1 aliphatic heterocycles. The van der Waals surface area contributed by atoms with Gasteiger partial charge in [0, 0.05) is 44.2 Å². The number of benzene rings is 1. The summed E-state index contributed by atoms with van der Waals surface area (Å²) >= 11 is 0. The van der Waals surface area contributed by atoms with E-state index in [1.54, 1.807) is 0 Å². The third-order valence-corrected chi connectivity index (χ3v) is 3.84. The Bertz CT molecular complexity index is 487. The Morgan fingerprint density at radius 2 is 1.95 bits per heavy atom. The molecule has 0 radical (unpaired) electrons. The van der Waals surface area contributed by atoms with Gasteiger partial charge in [-0.25, -0.2) is 4.39 Å². The summed E-state index contributed by atoms with van der Waals surface area (Å²) in [5, 5.41) is 3.16. The molecular formula is C15H20F4N2O. The molecule has 2 rings (SSSR count). The molecule has 1 N–H and O–H groups in total. The molecule has 124 valence electrons. The van der Waals surface area contributed by atoms with E-state index in [9.17, 15) is 17.6 Å². The van der Waals surface area contributed by atoms with Crippen molar-refractivity contribution in [3.8, 4) is 5.75 Å². The number of methoxy groups -OCH3 is 1. The molecule has 0 unspecified atom stereocenters. The van der Waals surface area contributed by atoms with Crippen LogP contribution in [-0.4, -0.2) is 44.4 Å². The van der Waals surface area contributed by atoms with Crippen LogP contribution in [0.5, 0.6) is 5.75 Å². The fraction of sp³-hybridized carbons (Fsp3) is 0.600. The Morgan fingerprint density at radius 3 is 2.55 bits per heavy atom. The lowest BCUT2D eigenvalue weighted by atomic mass is 9.98. The maximum absolute atomic E-state index is 13.6. The van der Waals surface area contributed by atoms with Gasteiger partial charge in [-0.1, -0.05) is 0 Å². The van der Waals surface area contributed by atoms with E-state index in [1.165, 1.54) is 25.3 Å². The van der Waals surface area contributed by atoms with E-state index in [2.05, 4.69) is 5.32 Å². The van der Waals surface area contributed by atoms with Crippen molar-refractivity contribution in [1.82, 2.24) is 10.2 Å². The highest BCUT2D eigenvalue weighted by molar-refractivity contribution is 5.36. The monoisotopic (exact) mass is 320 g/mol. The molecule has 1 atom stereocenters. The Labute approximate surface area is 127 Å². The van der Waals surface area contributed by atoms with Crippen LogP contribution < -0.4 is 10.1 Å². The number of nitrogens with zero attached hydrogens (tertiary/aromatic N) is 1. The summed E-state index contributed by atoms with van der Waals surface area (Å²) in [6.45, 7) is 2.67. The van der Waals surface area contributed by atoms with Crippen LogP contribution in [-0.2, 0) is 0 Å². The molecule has 1 aliphatic rings. The Balaban J connectivity index is 2.28. The predicted molar refractivity (Wildman–Crippen MR) is 75.4 cm³/mol. The van der Waals surface area contributed by atoms with Gasteiger partial charge in [-0.15, -0.1) is 0 Å². The topological polar surface area (TPSA) is 24.5 Å². The van der Waals surface area contributed by atoms with Crippen LogP contribution >= 0.6 is 0 Å². The van der Waals surface area contributed by atoms with Crippen molar-refractivity contribution in [3.63, 3.8) is 0 Å². The zero-order valence-electron chi connectivity index (χ0n) is 12.4. The number of ether oxygens (including phenoxy) is 1. The third kappa shape index (κ3) is 4.58. The van der Waals surface area contributed by atoms with Crippen molar-refractivity contribution in [3.05, 3.63) is 29.6 Å². The number of piperazine rings is 1. The van der Waals surface area contributed by atoms with Crippen LogP contribution in [0.2, 0.25) is 0 Å². The molecular weight excluding hydrogens is 300 g/mol. The zero-order chi connectivity index (χ0) is 16.2. The first-order valence-corrected chi connectivity index (χ1v) is 7.25. The smallest absolute Gasteiger partial charge is 0.389 e. The van der Waals surface area contributed by atoms with E-state index < -0.39 is 24.5 Å². The van der Waals surface area contributed by atoms with Crippen molar-refractivity contribution >= 4 is 0 Å². The normalized spacial score (nSPS) is 18.2. The summed E-state index contributed by atoms with van der Waals surface area (Å²) in [5.74, 6) is -0.0462. The number of alkyl halides is 3. The summed E-state index contributed by atoms with van der Waals surface area (Å²) in [6.07, 6.45) is -5.24. The van der Waals surface area contributed by atoms with Gasteiger partial charge in [-0.2, -0.15) is 13.2 Å². The van der Waals surface area contributed by atoms with Gasteiger partial charge in [0.1, 0.15) is 11.6 Å². The van der Waals surface area contributed by atoms with Crippen molar-refractivity contribution in [1.29, 1.82) is 0 Å². The lowest BCUT2D eigenvalue weighted by Gasteiger charge is -2.36. The second-order valence-corrected chi connectivity index (χ2v) is 5.34. The van der Waals surface area contributed by atoms with Crippen LogP contribution in [0.4, 0.5) is 17.6 Å². The van der Waals surface area contributed by atoms with Crippen molar-refractivity contribution in [2.75, 3.05) is 33.3 Å². The zero-order valence-corrected chi connectivity index (χ0v) is 12.4. The molecule has 0 bridgehead atoms. The van der Waals surface area contributed by atoms with Gasteiger partial charge in [0.15, 0.2) is 0 Å². The Kier molecular flexibility index (Phi) is 5.63. The van der Waals surface area contributed by atoms with Crippen molar-refractivity contribution in [2.45, 2.75) is 25.1 Å². The van der Waals surface area contributed by atoms with E-state index in [0.29, 0.717) is 37.5 Å². The molecule has 1 fully saturated rings. The molecule has 0 saturated carbocycles. The summed E-state index contributed by atoms with van der Waals surface area (Å²) < 4.78 is 56.7. The summed E-state index contributed by atoms with van der Waals surface area (Å²) in [4.78, 5) is 1.96. The van der Waals surface area contributed by atoms with Gasteiger partial charge in [0.05, 0.1) is 7.11 Å². The standard InChI is InChI=1S/C15H20F4N2O/c1-22-14-3-2-11(16)10-12(14)13(4-5-15(17,18)19)21-8-6-20-7-9-21/h2-3,10,13,20H,4-9H2,1H3/t13-/m0/s1. The molecule has 0 aromatic heterocycles. The maximum atomic E-state index is 13.6. The lowest BCUT2D eigenvalue weighted by Crippen LogP contribution is -2.45. The average Bonchev–Trinajstić information content (AvgIpc) is 2.48. The SMILES string of the molecule is COc1ccc(F)cc1[C@H](CCC(F)(F)F)N1CCNCC1. The van der Waals surface area contributed by atoms with E-state index in [-0.39, 0.29) is 6.42 Å². The minimum Gasteiger partial charge on any atom is -0.496 e. The number of halogens is 4. The quantitative estimate of drug-likeness (QED) is 0.844. The highest BCUT2D eigenvalue weighted by Crippen LogP contribution is 2.36. The van der Waals surface area contributed by atoms with Crippen molar-refractivity contribution < 1.29 is 22.3 Å². The molecule has 3 nitrogen and oxygen atoms in total. The third-order valence-electron chi connectivity index (χ3n) is 3.84. The van der Waals surface area contributed by atoms with Gasteiger partial charge in [0.2, 0.25) is 0 Å². The molecule has 0 spiro atoms. The highest BCUT2D eigenvalue weighted by atomic mass is 19.4. The Hall–Kier alpha value is -1.34. The summed E-state index contributed by atoms with van der Waals surface area (Å²) in [7, 11) is 1.44. The molecule has 0 amide bonds. The fourth-order valence-electron chi connectivity index (χ4n) is 2.79. The first kappa shape index (κ1) is 17.0. The van der Waals surface area contributed by atoms with E-state index >= 15 is 0 Å². The molecule has 7 heteroatoms. The molecule has 1 aromatic rings. The van der Waals surface area contributed by atoms with Gasteiger partial charge in [-0.05, 0) is 24.6 Å². The predicted octanol–water partition coefficient (Wildman–Crippen LogP) is 3.12. The van der Waals surface area contributed by atoms with Gasteiger partial charge >= 0.3 is 6.18 Å². The van der Waals surface area contributed by atoms with E-state index in [0.717, 1.165) is 0 Å². The van der Waals surface area contributed by atoms with Crippen LogP contribution in [0, 0.1) is 5.82 Å². The van der Waals surface area contributed by atoms with Crippen molar-refractivity contribution in [2.24, 2.45) is 0 Å². The van der Waals surface area contributed by atoms with Gasteiger partial charge < -0.3 is 10.1 Å². The minimum absolute atomic E-state index is 0.108. The maximum Gasteiger partial charge on any atom is 0.389 e. The van der Waals surface area contributed by atoms with Crippen LogP contribution in [0.1, 0.15) is 24.4 Å². The molecule has 0 aliphatic carbocycles. The first-order chi connectivity index (χ1) is 10.4. The number of hydrogen-bond donors (Lipinski definition) is 1. The number of rotatable bonds is 5. The second kappa shape index (κ2) is 7.28. The van der Waals surface area contributed by atoms with Crippen LogP contribution in [0.25, 0.3) is 0 Å². The molecule has 1 heterocycles.